The Kier molecular flexibility index (Phi) is 5.88. The molecule has 1 aliphatic rings. The lowest BCUT2D eigenvalue weighted by Gasteiger charge is -2.28. The van der Waals surface area contributed by atoms with E-state index in [0.29, 0.717) is 18.8 Å². The van der Waals surface area contributed by atoms with Gasteiger partial charge in [-0.25, -0.2) is 0 Å². The van der Waals surface area contributed by atoms with Crippen molar-refractivity contribution in [3.05, 3.63) is 23.3 Å². The second-order valence-corrected chi connectivity index (χ2v) is 8.88. The molecule has 1 heterocycles. The van der Waals surface area contributed by atoms with E-state index in [4.69, 9.17) is 9.47 Å². The smallest absolute Gasteiger partial charge is 0.258 e. The number of phenols is 1. The van der Waals surface area contributed by atoms with Crippen molar-refractivity contribution in [3.8, 4) is 11.5 Å². The molecule has 26 heavy (non-hydrogen) atoms. The van der Waals surface area contributed by atoms with Crippen LogP contribution in [0.4, 0.5) is 0 Å². The second kappa shape index (κ2) is 7.45. The molecule has 6 heteroatoms. The first-order chi connectivity index (χ1) is 11.9. The van der Waals surface area contributed by atoms with Crippen LogP contribution in [0, 0.1) is 0 Å². The molecular weight excluding hydrogens is 334 g/mol. The minimum absolute atomic E-state index is 0.166. The minimum Gasteiger partial charge on any atom is -0.507 e. The van der Waals surface area contributed by atoms with E-state index in [1.54, 1.807) is 12.1 Å². The zero-order valence-corrected chi connectivity index (χ0v) is 16.5. The summed E-state index contributed by atoms with van der Waals surface area (Å²) in [6, 6.07) is 3.16. The number of carbonyl (C=O) groups excluding carboxylic acids is 1. The van der Waals surface area contributed by atoms with Gasteiger partial charge in [-0.1, -0.05) is 41.5 Å². The fourth-order valence-corrected chi connectivity index (χ4v) is 2.95. The first kappa shape index (κ1) is 20.5. The fourth-order valence-electron chi connectivity index (χ4n) is 2.95. The lowest BCUT2D eigenvalue weighted by molar-refractivity contribution is -0.127. The van der Waals surface area contributed by atoms with Crippen LogP contribution < -0.4 is 10.1 Å². The molecule has 2 atom stereocenters. The highest BCUT2D eigenvalue weighted by atomic mass is 16.6. The molecule has 0 spiro atoms. The van der Waals surface area contributed by atoms with Crippen LogP contribution in [0.2, 0.25) is 0 Å². The van der Waals surface area contributed by atoms with Crippen molar-refractivity contribution >= 4 is 5.91 Å². The van der Waals surface area contributed by atoms with Crippen molar-refractivity contribution in [2.75, 3.05) is 13.2 Å². The number of hydrogen-bond acceptors (Lipinski definition) is 5. The Hall–Kier alpha value is -1.79. The monoisotopic (exact) mass is 365 g/mol. The van der Waals surface area contributed by atoms with E-state index in [0.717, 1.165) is 11.1 Å². The summed E-state index contributed by atoms with van der Waals surface area (Å²) in [6.07, 6.45) is -0.387. The van der Waals surface area contributed by atoms with Gasteiger partial charge >= 0.3 is 0 Å². The number of amides is 1. The quantitative estimate of drug-likeness (QED) is 0.763. The van der Waals surface area contributed by atoms with E-state index in [-0.39, 0.29) is 29.1 Å². The fraction of sp³-hybridized carbons (Fsp3) is 0.650. The number of aliphatic hydroxyl groups excluding tert-OH is 1. The molecule has 0 aromatic heterocycles. The molecule has 0 saturated carbocycles. The molecule has 1 aromatic rings. The lowest BCUT2D eigenvalue weighted by Crippen LogP contribution is -2.42. The van der Waals surface area contributed by atoms with E-state index >= 15 is 0 Å². The van der Waals surface area contributed by atoms with E-state index in [2.05, 4.69) is 5.32 Å². The molecule has 2 unspecified atom stereocenters. The number of phenolic OH excluding ortho intramolecular Hbond substituents is 1. The second-order valence-electron chi connectivity index (χ2n) is 8.88. The van der Waals surface area contributed by atoms with Gasteiger partial charge in [0.15, 0.2) is 12.9 Å². The van der Waals surface area contributed by atoms with Crippen LogP contribution in [0.5, 0.6) is 11.5 Å². The van der Waals surface area contributed by atoms with Crippen molar-refractivity contribution < 1.29 is 24.5 Å². The van der Waals surface area contributed by atoms with Gasteiger partial charge in [0.2, 0.25) is 0 Å². The van der Waals surface area contributed by atoms with Crippen LogP contribution >= 0.6 is 0 Å². The van der Waals surface area contributed by atoms with Gasteiger partial charge in [-0.3, -0.25) is 4.79 Å². The average molecular weight is 365 g/mol. The molecule has 0 radical (unpaired) electrons. The van der Waals surface area contributed by atoms with E-state index in [1.165, 1.54) is 0 Å². The first-order valence-electron chi connectivity index (χ1n) is 8.99. The minimum atomic E-state index is -0.965. The van der Waals surface area contributed by atoms with Gasteiger partial charge in [0, 0.05) is 11.1 Å². The molecular formula is C20H31NO5. The highest BCUT2D eigenvalue weighted by Gasteiger charge is 2.29. The summed E-state index contributed by atoms with van der Waals surface area (Å²) < 4.78 is 10.7. The Morgan fingerprint density at radius 2 is 1.73 bits per heavy atom. The third-order valence-corrected chi connectivity index (χ3v) is 4.48. The predicted octanol–water partition coefficient (Wildman–Crippen LogP) is 2.59. The van der Waals surface area contributed by atoms with Gasteiger partial charge in [0.1, 0.15) is 11.5 Å². The van der Waals surface area contributed by atoms with Crippen LogP contribution in [-0.2, 0) is 20.4 Å². The Morgan fingerprint density at radius 3 is 2.15 bits per heavy atom. The van der Waals surface area contributed by atoms with E-state index in [1.807, 2.05) is 41.5 Å². The van der Waals surface area contributed by atoms with Gasteiger partial charge in [-0.2, -0.15) is 0 Å². The maximum Gasteiger partial charge on any atom is 0.258 e. The maximum atomic E-state index is 12.1. The summed E-state index contributed by atoms with van der Waals surface area (Å²) in [5, 5.41) is 23.0. The van der Waals surface area contributed by atoms with Crippen molar-refractivity contribution in [1.29, 1.82) is 0 Å². The number of nitrogens with one attached hydrogen (secondary N) is 1. The summed E-state index contributed by atoms with van der Waals surface area (Å²) in [7, 11) is 0. The highest BCUT2D eigenvalue weighted by Crippen LogP contribution is 2.41. The molecule has 1 amide bonds. The molecule has 1 saturated heterocycles. The Labute approximate surface area is 155 Å². The molecule has 1 aliphatic heterocycles. The summed E-state index contributed by atoms with van der Waals surface area (Å²) in [4.78, 5) is 12.1. The number of rotatable bonds is 4. The largest absolute Gasteiger partial charge is 0.507 e. The molecule has 3 N–H and O–H groups in total. The van der Waals surface area contributed by atoms with Crippen LogP contribution in [0.25, 0.3) is 0 Å². The zero-order chi connectivity index (χ0) is 19.7. The number of carbonyl (C=O) groups is 1. The van der Waals surface area contributed by atoms with Crippen LogP contribution in [0.1, 0.15) is 59.1 Å². The Balaban J connectivity index is 2.17. The lowest BCUT2D eigenvalue weighted by atomic mass is 9.79. The molecule has 1 aromatic carbocycles. The zero-order valence-electron chi connectivity index (χ0n) is 16.5. The standard InChI is InChI=1S/C20H31NO5/c1-19(2,3)13-9-12(10-14(17(13)23)20(4,5)6)26-11-16(22)21-15-7-8-25-18(15)24/h9-10,15,18,23-24H,7-8,11H2,1-6H3,(H,21,22). The van der Waals surface area contributed by atoms with Gasteiger partial charge in [-0.05, 0) is 29.4 Å². The Bertz CT molecular complexity index is 622. The predicted molar refractivity (Wildman–Crippen MR) is 99.5 cm³/mol. The highest BCUT2D eigenvalue weighted by molar-refractivity contribution is 5.78. The van der Waals surface area contributed by atoms with Gasteiger partial charge in [0.05, 0.1) is 12.6 Å². The third kappa shape index (κ3) is 4.89. The van der Waals surface area contributed by atoms with E-state index < -0.39 is 12.3 Å². The van der Waals surface area contributed by atoms with Gasteiger partial charge < -0.3 is 25.0 Å². The first-order valence-corrected chi connectivity index (χ1v) is 8.99. The number of aromatic hydroxyl groups is 1. The number of aliphatic hydroxyl groups is 1. The van der Waals surface area contributed by atoms with Gasteiger partial charge in [0.25, 0.3) is 5.91 Å². The van der Waals surface area contributed by atoms with Gasteiger partial charge in [-0.15, -0.1) is 0 Å². The molecule has 1 fully saturated rings. The normalized spacial score (nSPS) is 20.9. The van der Waals surface area contributed by atoms with Crippen LogP contribution in [0.3, 0.4) is 0 Å². The van der Waals surface area contributed by atoms with Crippen LogP contribution in [0.15, 0.2) is 12.1 Å². The average Bonchev–Trinajstić information content (AvgIpc) is 2.89. The molecule has 6 nitrogen and oxygen atoms in total. The SMILES string of the molecule is CC(C)(C)c1cc(OCC(=O)NC2CCOC2O)cc(C(C)(C)C)c1O. The third-order valence-electron chi connectivity index (χ3n) is 4.48. The summed E-state index contributed by atoms with van der Waals surface area (Å²) >= 11 is 0. The summed E-state index contributed by atoms with van der Waals surface area (Å²) in [6.45, 7) is 12.4. The Morgan fingerprint density at radius 1 is 1.19 bits per heavy atom. The van der Waals surface area contributed by atoms with E-state index in [9.17, 15) is 15.0 Å². The molecule has 0 bridgehead atoms. The number of ether oxygens (including phenoxy) is 2. The van der Waals surface area contributed by atoms with Crippen molar-refractivity contribution in [1.82, 2.24) is 5.32 Å². The maximum absolute atomic E-state index is 12.1. The molecule has 0 aliphatic carbocycles. The molecule has 146 valence electrons. The number of hydrogen-bond donors (Lipinski definition) is 3. The molecule has 2 rings (SSSR count). The number of benzene rings is 1. The summed E-state index contributed by atoms with van der Waals surface area (Å²) in [5.74, 6) is 0.492. The van der Waals surface area contributed by atoms with Crippen molar-refractivity contribution in [2.45, 2.75) is 71.1 Å². The van der Waals surface area contributed by atoms with Crippen molar-refractivity contribution in [2.24, 2.45) is 0 Å². The van der Waals surface area contributed by atoms with Crippen molar-refractivity contribution in [3.63, 3.8) is 0 Å². The van der Waals surface area contributed by atoms with Crippen LogP contribution in [-0.4, -0.2) is 41.7 Å². The topological polar surface area (TPSA) is 88.0 Å². The summed E-state index contributed by atoms with van der Waals surface area (Å²) in [5.41, 5.74) is 1.02.